The Bertz CT molecular complexity index is 704. The van der Waals surface area contributed by atoms with Crippen molar-refractivity contribution in [2.45, 2.75) is 52.1 Å². The van der Waals surface area contributed by atoms with E-state index in [1.165, 1.54) is 25.7 Å². The van der Waals surface area contributed by atoms with Crippen LogP contribution in [-0.2, 0) is 6.54 Å². The van der Waals surface area contributed by atoms with Gasteiger partial charge in [0.25, 0.3) is 0 Å². The Hall–Kier alpha value is -1.81. The van der Waals surface area contributed by atoms with Gasteiger partial charge in [-0.1, -0.05) is 0 Å². The lowest BCUT2D eigenvalue weighted by Crippen LogP contribution is -2.50. The fraction of sp³-hybridized carbons (Fsp3) is 0.550. The van der Waals surface area contributed by atoms with Crippen molar-refractivity contribution in [3.63, 3.8) is 0 Å². The van der Waals surface area contributed by atoms with E-state index >= 15 is 0 Å². The molecule has 0 radical (unpaired) electrons. The number of aryl methyl sites for hydroxylation is 1. The highest BCUT2D eigenvalue weighted by Crippen LogP contribution is 2.27. The molecule has 1 saturated carbocycles. The quantitative estimate of drug-likeness (QED) is 0.594. The second kappa shape index (κ2) is 6.60. The maximum atomic E-state index is 13.0. The van der Waals surface area contributed by atoms with Crippen LogP contribution in [-0.4, -0.2) is 41.5 Å². The maximum absolute atomic E-state index is 13.0. The van der Waals surface area contributed by atoms with Gasteiger partial charge >= 0.3 is 0 Å². The Balaban J connectivity index is 1.77. The van der Waals surface area contributed by atoms with E-state index in [2.05, 4.69) is 25.6 Å². The summed E-state index contributed by atoms with van der Waals surface area (Å²) < 4.78 is 8.43. The zero-order chi connectivity index (χ0) is 17.3. The van der Waals surface area contributed by atoms with E-state index in [9.17, 15) is 4.79 Å². The van der Waals surface area contributed by atoms with Crippen LogP contribution in [0.2, 0.25) is 0 Å². The van der Waals surface area contributed by atoms with E-state index in [-0.39, 0.29) is 5.78 Å². The average Bonchev–Trinajstić information content (AvgIpc) is 3.24. The SMILES string of the molecule is Cc1cc(C(=O)C[N+](C)(C)C2CCCC2)c(C)n1Cc1ccco1. The molecule has 0 aliphatic heterocycles. The number of rotatable bonds is 6. The molecular formula is C20H29N2O2+. The zero-order valence-corrected chi connectivity index (χ0v) is 15.3. The third-order valence-electron chi connectivity index (χ3n) is 5.63. The maximum Gasteiger partial charge on any atom is 0.218 e. The van der Waals surface area contributed by atoms with Crippen LogP contribution in [0.3, 0.4) is 0 Å². The van der Waals surface area contributed by atoms with Gasteiger partial charge in [0.05, 0.1) is 32.9 Å². The molecule has 0 amide bonds. The number of hydrogen-bond acceptors (Lipinski definition) is 2. The molecular weight excluding hydrogens is 300 g/mol. The number of nitrogens with zero attached hydrogens (tertiary/aromatic N) is 2. The fourth-order valence-electron chi connectivity index (χ4n) is 4.07. The lowest BCUT2D eigenvalue weighted by atomic mass is 10.1. The Morgan fingerprint density at radius 1 is 1.29 bits per heavy atom. The number of carbonyl (C=O) groups excluding carboxylic acids is 1. The summed E-state index contributed by atoms with van der Waals surface area (Å²) in [5.74, 6) is 1.17. The number of furan rings is 1. The standard InChI is InChI=1S/C20H29N2O2/c1-15-12-19(16(2)21(15)13-18-10-7-11-24-18)20(23)14-22(3,4)17-8-5-6-9-17/h7,10-12,17H,5-6,8-9,13-14H2,1-4H3/q+1. The predicted molar refractivity (Wildman–Crippen MR) is 95.3 cm³/mol. The lowest BCUT2D eigenvalue weighted by Gasteiger charge is -2.35. The molecule has 1 aliphatic rings. The molecule has 0 unspecified atom stereocenters. The van der Waals surface area contributed by atoms with E-state index in [4.69, 9.17) is 4.42 Å². The Labute approximate surface area is 144 Å². The molecule has 24 heavy (non-hydrogen) atoms. The first-order valence-corrected chi connectivity index (χ1v) is 8.93. The molecule has 0 aromatic carbocycles. The van der Waals surface area contributed by atoms with Crippen molar-refractivity contribution >= 4 is 5.78 Å². The molecule has 1 fully saturated rings. The third kappa shape index (κ3) is 3.34. The summed E-state index contributed by atoms with van der Waals surface area (Å²) in [6.07, 6.45) is 6.79. The smallest absolute Gasteiger partial charge is 0.218 e. The molecule has 1 aliphatic carbocycles. The van der Waals surface area contributed by atoms with Crippen LogP contribution < -0.4 is 0 Å². The van der Waals surface area contributed by atoms with E-state index in [0.29, 0.717) is 19.1 Å². The minimum Gasteiger partial charge on any atom is -0.467 e. The van der Waals surface area contributed by atoms with Gasteiger partial charge in [-0.05, 0) is 57.7 Å². The highest BCUT2D eigenvalue weighted by molar-refractivity contribution is 5.98. The Morgan fingerprint density at radius 2 is 2.00 bits per heavy atom. The second-order valence-corrected chi connectivity index (χ2v) is 7.75. The highest BCUT2D eigenvalue weighted by atomic mass is 16.3. The van der Waals surface area contributed by atoms with E-state index in [1.54, 1.807) is 6.26 Å². The van der Waals surface area contributed by atoms with Gasteiger partial charge in [-0.2, -0.15) is 0 Å². The summed E-state index contributed by atoms with van der Waals surface area (Å²) in [7, 11) is 4.41. The van der Waals surface area contributed by atoms with Crippen molar-refractivity contribution in [1.82, 2.24) is 4.57 Å². The molecule has 2 aromatic heterocycles. The third-order valence-corrected chi connectivity index (χ3v) is 5.63. The van der Waals surface area contributed by atoms with E-state index in [0.717, 1.165) is 27.2 Å². The summed E-state index contributed by atoms with van der Waals surface area (Å²) in [6.45, 7) is 5.36. The molecule has 0 atom stereocenters. The van der Waals surface area contributed by atoms with Gasteiger partial charge < -0.3 is 13.5 Å². The van der Waals surface area contributed by atoms with E-state index < -0.39 is 0 Å². The van der Waals surface area contributed by atoms with Crippen LogP contribution in [0.25, 0.3) is 0 Å². The molecule has 130 valence electrons. The van der Waals surface area contributed by atoms with Gasteiger partial charge in [-0.15, -0.1) is 0 Å². The van der Waals surface area contributed by atoms with Crippen molar-refractivity contribution < 1.29 is 13.7 Å². The zero-order valence-electron chi connectivity index (χ0n) is 15.3. The largest absolute Gasteiger partial charge is 0.467 e. The van der Waals surface area contributed by atoms with Crippen LogP contribution in [0.5, 0.6) is 0 Å². The molecule has 0 saturated heterocycles. The second-order valence-electron chi connectivity index (χ2n) is 7.75. The molecule has 3 rings (SSSR count). The monoisotopic (exact) mass is 329 g/mol. The van der Waals surface area contributed by atoms with Crippen molar-refractivity contribution in [3.05, 3.63) is 47.2 Å². The average molecular weight is 329 g/mol. The minimum atomic E-state index is 0.255. The van der Waals surface area contributed by atoms with Crippen LogP contribution >= 0.6 is 0 Å². The lowest BCUT2D eigenvalue weighted by molar-refractivity contribution is -0.906. The number of carbonyl (C=O) groups is 1. The number of quaternary nitrogens is 1. The van der Waals surface area contributed by atoms with Gasteiger partial charge in [0.2, 0.25) is 5.78 Å². The van der Waals surface area contributed by atoms with Crippen molar-refractivity contribution in [3.8, 4) is 0 Å². The fourth-order valence-corrected chi connectivity index (χ4v) is 4.07. The normalized spacial score (nSPS) is 16.0. The Morgan fingerprint density at radius 3 is 2.62 bits per heavy atom. The molecule has 2 aromatic rings. The number of Topliss-reactive ketones (excluding diaryl/α,β-unsaturated/α-hetero) is 1. The first kappa shape index (κ1) is 17.0. The van der Waals surface area contributed by atoms with Gasteiger partial charge in [-0.25, -0.2) is 0 Å². The molecule has 2 heterocycles. The molecule has 4 heteroatoms. The summed E-state index contributed by atoms with van der Waals surface area (Å²) in [5.41, 5.74) is 3.02. The topological polar surface area (TPSA) is 35.1 Å². The predicted octanol–water partition coefficient (Wildman–Crippen LogP) is 3.95. The molecule has 0 spiro atoms. The first-order valence-electron chi connectivity index (χ1n) is 8.93. The Kier molecular flexibility index (Phi) is 4.68. The van der Waals surface area contributed by atoms with Crippen molar-refractivity contribution in [2.75, 3.05) is 20.6 Å². The summed E-state index contributed by atoms with van der Waals surface area (Å²) in [6, 6.07) is 6.54. The number of aromatic nitrogens is 1. The van der Waals surface area contributed by atoms with Crippen molar-refractivity contribution in [1.29, 1.82) is 0 Å². The molecule has 0 N–H and O–H groups in total. The number of hydrogen-bond donors (Lipinski definition) is 0. The van der Waals surface area contributed by atoms with Crippen LogP contribution in [0, 0.1) is 13.8 Å². The summed E-state index contributed by atoms with van der Waals surface area (Å²) >= 11 is 0. The van der Waals surface area contributed by atoms with Gasteiger partial charge in [0, 0.05) is 17.0 Å². The molecule has 0 bridgehead atoms. The molecule has 4 nitrogen and oxygen atoms in total. The summed E-state index contributed by atoms with van der Waals surface area (Å²) in [5, 5.41) is 0. The first-order chi connectivity index (χ1) is 11.4. The van der Waals surface area contributed by atoms with Crippen LogP contribution in [0.4, 0.5) is 0 Å². The highest BCUT2D eigenvalue weighted by Gasteiger charge is 2.34. The van der Waals surface area contributed by atoms with Crippen LogP contribution in [0.1, 0.15) is 53.2 Å². The van der Waals surface area contributed by atoms with Gasteiger partial charge in [-0.3, -0.25) is 4.79 Å². The number of ketones is 1. The van der Waals surface area contributed by atoms with Gasteiger partial charge in [0.1, 0.15) is 12.3 Å². The van der Waals surface area contributed by atoms with Crippen LogP contribution in [0.15, 0.2) is 28.9 Å². The number of likely N-dealkylation sites (N-methyl/N-ethyl adjacent to an activating group) is 1. The van der Waals surface area contributed by atoms with Gasteiger partial charge in [0.15, 0.2) is 0 Å². The van der Waals surface area contributed by atoms with Crippen molar-refractivity contribution in [2.24, 2.45) is 0 Å². The summed E-state index contributed by atoms with van der Waals surface area (Å²) in [4.78, 5) is 13.0. The minimum absolute atomic E-state index is 0.255. The van der Waals surface area contributed by atoms with E-state index in [1.807, 2.05) is 25.1 Å².